The van der Waals surface area contributed by atoms with Gasteiger partial charge in [-0.25, -0.2) is 0 Å². The number of hydrogen-bond acceptors (Lipinski definition) is 10. The van der Waals surface area contributed by atoms with Crippen molar-refractivity contribution in [1.29, 1.82) is 0 Å². The number of anilines is 2. The van der Waals surface area contributed by atoms with Gasteiger partial charge >= 0.3 is 0 Å². The summed E-state index contributed by atoms with van der Waals surface area (Å²) < 4.78 is 16.5. The smallest absolute Gasteiger partial charge is 0.238 e. The number of nitrogens with zero attached hydrogens (tertiary/aromatic N) is 4. The fourth-order valence-corrected chi connectivity index (χ4v) is 3.70. The number of ether oxygens (including phenoxy) is 1. The van der Waals surface area contributed by atoms with E-state index in [4.69, 9.17) is 13.7 Å². The quantitative estimate of drug-likeness (QED) is 0.467. The minimum Gasteiger partial charge on any atom is -0.497 e. The summed E-state index contributed by atoms with van der Waals surface area (Å²) in [5, 5.41) is 16.1. The van der Waals surface area contributed by atoms with E-state index in [1.165, 1.54) is 23.1 Å². The maximum absolute atomic E-state index is 5.24. The van der Waals surface area contributed by atoms with Crippen LogP contribution in [0.3, 0.4) is 0 Å². The van der Waals surface area contributed by atoms with Gasteiger partial charge in [0.2, 0.25) is 16.8 Å². The summed E-state index contributed by atoms with van der Waals surface area (Å²) in [5.74, 6) is 2.78. The van der Waals surface area contributed by atoms with Crippen molar-refractivity contribution < 1.29 is 13.7 Å². The molecule has 132 valence electrons. The summed E-state index contributed by atoms with van der Waals surface area (Å²) >= 11 is 2.92. The molecule has 0 radical (unpaired) electrons. The first-order valence-electron chi connectivity index (χ1n) is 7.54. The maximum atomic E-state index is 5.24. The van der Waals surface area contributed by atoms with Gasteiger partial charge in [0.15, 0.2) is 10.1 Å². The molecule has 10 heteroatoms. The van der Waals surface area contributed by atoms with Crippen LogP contribution in [0.1, 0.15) is 5.89 Å². The third-order valence-electron chi connectivity index (χ3n) is 3.26. The third-order valence-corrected chi connectivity index (χ3v) is 5.21. The normalized spacial score (nSPS) is 10.8. The van der Waals surface area contributed by atoms with E-state index < -0.39 is 0 Å². The van der Waals surface area contributed by atoms with Gasteiger partial charge in [-0.2, -0.15) is 4.98 Å². The fraction of sp³-hybridized carbons (Fsp3) is 0.125. The SMILES string of the molecule is COc1cccc(Nc2nnc(SCc3nc(-c4ccco4)no3)s2)c1. The van der Waals surface area contributed by atoms with Gasteiger partial charge in [0, 0.05) is 11.8 Å². The predicted octanol–water partition coefficient (Wildman–Crippen LogP) is 4.23. The molecule has 0 bridgehead atoms. The Morgan fingerprint density at radius 1 is 1.23 bits per heavy atom. The fourth-order valence-electron chi connectivity index (χ4n) is 2.09. The molecule has 0 saturated carbocycles. The van der Waals surface area contributed by atoms with Crippen LogP contribution in [0.2, 0.25) is 0 Å². The molecule has 1 aromatic carbocycles. The minimum atomic E-state index is 0.434. The topological polar surface area (TPSA) is 99.1 Å². The van der Waals surface area contributed by atoms with Crippen LogP contribution in [-0.4, -0.2) is 27.4 Å². The summed E-state index contributed by atoms with van der Waals surface area (Å²) in [4.78, 5) is 4.30. The lowest BCUT2D eigenvalue weighted by Crippen LogP contribution is -1.90. The van der Waals surface area contributed by atoms with E-state index in [-0.39, 0.29) is 0 Å². The van der Waals surface area contributed by atoms with Crippen molar-refractivity contribution >= 4 is 33.9 Å². The number of furan rings is 1. The van der Waals surface area contributed by atoms with Crippen LogP contribution in [0.4, 0.5) is 10.8 Å². The van der Waals surface area contributed by atoms with Crippen molar-refractivity contribution in [3.8, 4) is 17.3 Å². The van der Waals surface area contributed by atoms with Crippen molar-refractivity contribution in [2.24, 2.45) is 0 Å². The van der Waals surface area contributed by atoms with E-state index in [9.17, 15) is 0 Å². The molecular weight excluding hydrogens is 374 g/mol. The van der Waals surface area contributed by atoms with Crippen LogP contribution in [0.15, 0.2) is 55.9 Å². The molecule has 0 fully saturated rings. The number of rotatable bonds is 7. The van der Waals surface area contributed by atoms with E-state index >= 15 is 0 Å². The van der Waals surface area contributed by atoms with Crippen molar-refractivity contribution in [2.75, 3.05) is 12.4 Å². The highest BCUT2D eigenvalue weighted by Gasteiger charge is 2.12. The highest BCUT2D eigenvalue weighted by molar-refractivity contribution is 8.00. The standard InChI is InChI=1S/C16H13N5O3S2/c1-22-11-5-2-4-10(8-11)17-15-19-20-16(26-15)25-9-13-18-14(21-24-13)12-6-3-7-23-12/h2-8H,9H2,1H3,(H,17,19). The van der Waals surface area contributed by atoms with Gasteiger partial charge < -0.3 is 19.0 Å². The predicted molar refractivity (Wildman–Crippen MR) is 97.7 cm³/mol. The van der Waals surface area contributed by atoms with Crippen molar-refractivity contribution in [3.63, 3.8) is 0 Å². The molecule has 0 aliphatic heterocycles. The highest BCUT2D eigenvalue weighted by atomic mass is 32.2. The number of nitrogens with one attached hydrogen (secondary N) is 1. The number of methoxy groups -OCH3 is 1. The Hall–Kier alpha value is -2.85. The van der Waals surface area contributed by atoms with Gasteiger partial charge in [0.05, 0.1) is 19.1 Å². The van der Waals surface area contributed by atoms with E-state index in [1.807, 2.05) is 24.3 Å². The zero-order chi connectivity index (χ0) is 17.8. The van der Waals surface area contributed by atoms with Crippen LogP contribution in [0, 0.1) is 0 Å². The molecule has 8 nitrogen and oxygen atoms in total. The van der Waals surface area contributed by atoms with Gasteiger partial charge in [0.25, 0.3) is 0 Å². The molecule has 4 aromatic rings. The molecule has 0 spiro atoms. The average molecular weight is 387 g/mol. The molecule has 0 saturated heterocycles. The lowest BCUT2D eigenvalue weighted by Gasteiger charge is -2.04. The van der Waals surface area contributed by atoms with Gasteiger partial charge in [-0.15, -0.1) is 10.2 Å². The number of benzene rings is 1. The molecule has 0 unspecified atom stereocenters. The summed E-state index contributed by atoms with van der Waals surface area (Å²) in [5.41, 5.74) is 0.886. The second-order valence-corrected chi connectivity index (χ2v) is 7.21. The largest absolute Gasteiger partial charge is 0.497 e. The first-order valence-corrected chi connectivity index (χ1v) is 9.34. The molecule has 0 aliphatic rings. The Labute approximate surface area is 156 Å². The van der Waals surface area contributed by atoms with E-state index in [1.54, 1.807) is 25.5 Å². The van der Waals surface area contributed by atoms with Crippen molar-refractivity contribution in [1.82, 2.24) is 20.3 Å². The first-order chi connectivity index (χ1) is 12.8. The molecule has 0 amide bonds. The van der Waals surface area contributed by atoms with Crippen LogP contribution in [0.5, 0.6) is 5.75 Å². The van der Waals surface area contributed by atoms with Gasteiger partial charge in [0.1, 0.15) is 5.75 Å². The van der Waals surface area contributed by atoms with Crippen LogP contribution < -0.4 is 10.1 Å². The summed E-state index contributed by atoms with van der Waals surface area (Å²) in [7, 11) is 1.63. The average Bonchev–Trinajstić information content (AvgIpc) is 3.41. The van der Waals surface area contributed by atoms with Crippen molar-refractivity contribution in [2.45, 2.75) is 10.1 Å². The Balaban J connectivity index is 1.36. The Kier molecular flexibility index (Phi) is 4.84. The zero-order valence-corrected chi connectivity index (χ0v) is 15.2. The number of hydrogen-bond donors (Lipinski definition) is 1. The lowest BCUT2D eigenvalue weighted by molar-refractivity contribution is 0.390. The molecule has 3 aromatic heterocycles. The van der Waals surface area contributed by atoms with E-state index in [0.29, 0.717) is 28.4 Å². The van der Waals surface area contributed by atoms with Gasteiger partial charge in [-0.05, 0) is 24.3 Å². The maximum Gasteiger partial charge on any atom is 0.238 e. The molecule has 1 N–H and O–H groups in total. The van der Waals surface area contributed by atoms with Crippen LogP contribution in [-0.2, 0) is 5.75 Å². The Morgan fingerprint density at radius 2 is 2.19 bits per heavy atom. The monoisotopic (exact) mass is 387 g/mol. The number of thioether (sulfide) groups is 1. The second kappa shape index (κ2) is 7.58. The minimum absolute atomic E-state index is 0.434. The summed E-state index contributed by atoms with van der Waals surface area (Å²) in [6.07, 6.45) is 1.57. The molecule has 0 aliphatic carbocycles. The Morgan fingerprint density at radius 3 is 3.04 bits per heavy atom. The van der Waals surface area contributed by atoms with Crippen molar-refractivity contribution in [3.05, 3.63) is 48.6 Å². The van der Waals surface area contributed by atoms with Gasteiger partial charge in [-0.3, -0.25) is 0 Å². The van der Waals surface area contributed by atoms with Crippen LogP contribution in [0.25, 0.3) is 11.6 Å². The number of aromatic nitrogens is 4. The summed E-state index contributed by atoms with van der Waals surface area (Å²) in [6.45, 7) is 0. The second-order valence-electron chi connectivity index (χ2n) is 5.01. The Bertz CT molecular complexity index is 983. The molecular formula is C16H13N5O3S2. The lowest BCUT2D eigenvalue weighted by atomic mass is 10.3. The molecule has 26 heavy (non-hydrogen) atoms. The molecule has 3 heterocycles. The molecule has 0 atom stereocenters. The van der Waals surface area contributed by atoms with Crippen LogP contribution >= 0.6 is 23.1 Å². The summed E-state index contributed by atoms with van der Waals surface area (Å²) in [6, 6.07) is 11.2. The first kappa shape index (κ1) is 16.6. The highest BCUT2D eigenvalue weighted by Crippen LogP contribution is 2.30. The third kappa shape index (κ3) is 3.86. The van der Waals surface area contributed by atoms with E-state index in [2.05, 4.69) is 25.7 Å². The zero-order valence-electron chi connectivity index (χ0n) is 13.6. The van der Waals surface area contributed by atoms with E-state index in [0.717, 1.165) is 15.8 Å². The molecule has 4 rings (SSSR count). The van der Waals surface area contributed by atoms with Gasteiger partial charge in [-0.1, -0.05) is 34.3 Å².